The maximum atomic E-state index is 12.8. The number of esters is 1. The van der Waals surface area contributed by atoms with E-state index in [1.54, 1.807) is 18.2 Å². The van der Waals surface area contributed by atoms with Gasteiger partial charge in [0.15, 0.2) is 0 Å². The van der Waals surface area contributed by atoms with Gasteiger partial charge in [0.1, 0.15) is 5.56 Å². The zero-order valence-electron chi connectivity index (χ0n) is 16.1. The lowest BCUT2D eigenvalue weighted by Gasteiger charge is -2.10. The van der Waals surface area contributed by atoms with Crippen molar-refractivity contribution in [2.24, 2.45) is 0 Å². The van der Waals surface area contributed by atoms with E-state index in [2.05, 4.69) is 15.0 Å². The number of H-pyrrole nitrogens is 1. The molecule has 8 nitrogen and oxygen atoms in total. The summed E-state index contributed by atoms with van der Waals surface area (Å²) in [5.74, 6) is -1.19. The van der Waals surface area contributed by atoms with Crippen LogP contribution in [0, 0.1) is 13.8 Å². The summed E-state index contributed by atoms with van der Waals surface area (Å²) in [6, 6.07) is 11.1. The highest BCUT2D eigenvalue weighted by Crippen LogP contribution is 2.13. The molecular weight excluding hydrogens is 374 g/mol. The van der Waals surface area contributed by atoms with Gasteiger partial charge in [-0.15, -0.1) is 0 Å². The first-order valence-corrected chi connectivity index (χ1v) is 8.74. The van der Waals surface area contributed by atoms with Gasteiger partial charge in [-0.2, -0.15) is 0 Å². The monoisotopic (exact) mass is 393 g/mol. The average Bonchev–Trinajstić information content (AvgIpc) is 2.70. The third-order valence-corrected chi connectivity index (χ3v) is 4.53. The summed E-state index contributed by atoms with van der Waals surface area (Å²) in [6.45, 7) is 3.79. The molecule has 0 unspecified atom stereocenters. The minimum Gasteiger partial charge on any atom is -0.465 e. The van der Waals surface area contributed by atoms with E-state index in [4.69, 9.17) is 0 Å². The highest BCUT2D eigenvalue weighted by atomic mass is 16.5. The van der Waals surface area contributed by atoms with E-state index >= 15 is 0 Å². The van der Waals surface area contributed by atoms with E-state index in [1.165, 1.54) is 31.4 Å². The van der Waals surface area contributed by atoms with Crippen LogP contribution in [0.4, 0.5) is 5.69 Å². The van der Waals surface area contributed by atoms with E-state index < -0.39 is 23.1 Å². The van der Waals surface area contributed by atoms with Crippen molar-refractivity contribution in [1.29, 1.82) is 0 Å². The third-order valence-electron chi connectivity index (χ3n) is 4.53. The molecule has 1 heterocycles. The Kier molecular flexibility index (Phi) is 5.45. The van der Waals surface area contributed by atoms with Gasteiger partial charge in [0.05, 0.1) is 18.4 Å². The number of hydrogen-bond acceptors (Lipinski definition) is 5. The number of rotatable bonds is 4. The zero-order valence-corrected chi connectivity index (χ0v) is 16.1. The van der Waals surface area contributed by atoms with Crippen LogP contribution in [0.25, 0.3) is 5.69 Å². The molecule has 3 aromatic rings. The number of anilines is 1. The van der Waals surface area contributed by atoms with Gasteiger partial charge < -0.3 is 15.0 Å². The van der Waals surface area contributed by atoms with Crippen LogP contribution in [-0.2, 0) is 4.74 Å². The number of carbonyl (C=O) groups is 2. The van der Waals surface area contributed by atoms with Crippen molar-refractivity contribution in [3.63, 3.8) is 0 Å². The van der Waals surface area contributed by atoms with Gasteiger partial charge in [0.25, 0.3) is 11.5 Å². The second-order valence-corrected chi connectivity index (χ2v) is 6.44. The first kappa shape index (κ1) is 19.8. The fourth-order valence-corrected chi connectivity index (χ4v) is 2.74. The largest absolute Gasteiger partial charge is 0.465 e. The second-order valence-electron chi connectivity index (χ2n) is 6.44. The zero-order chi connectivity index (χ0) is 21.1. The van der Waals surface area contributed by atoms with Crippen LogP contribution >= 0.6 is 0 Å². The standard InChI is InChI=1S/C21H19N3O5/c1-12-4-9-16(10-13(12)2)24-19(26)17(11-22-21(24)28)18(25)23-15-7-5-14(6-8-15)20(27)29-3/h4-11H,1-3H3,(H,22,28)(H,23,25). The van der Waals surface area contributed by atoms with E-state index in [0.717, 1.165) is 21.9 Å². The molecule has 0 saturated carbocycles. The van der Waals surface area contributed by atoms with Gasteiger partial charge in [-0.3, -0.25) is 9.59 Å². The predicted molar refractivity (Wildman–Crippen MR) is 108 cm³/mol. The van der Waals surface area contributed by atoms with E-state index in [-0.39, 0.29) is 5.56 Å². The van der Waals surface area contributed by atoms with Crippen molar-refractivity contribution in [2.75, 3.05) is 12.4 Å². The Labute approximate surface area is 165 Å². The van der Waals surface area contributed by atoms with Crippen LogP contribution in [0.3, 0.4) is 0 Å². The molecule has 8 heteroatoms. The van der Waals surface area contributed by atoms with Crippen molar-refractivity contribution in [2.45, 2.75) is 13.8 Å². The lowest BCUT2D eigenvalue weighted by atomic mass is 10.1. The van der Waals surface area contributed by atoms with Crippen molar-refractivity contribution >= 4 is 17.6 Å². The summed E-state index contributed by atoms with van der Waals surface area (Å²) < 4.78 is 5.54. The maximum Gasteiger partial charge on any atom is 0.337 e. The molecule has 0 aliphatic heterocycles. The fourth-order valence-electron chi connectivity index (χ4n) is 2.74. The Bertz CT molecular complexity index is 1210. The highest BCUT2D eigenvalue weighted by Gasteiger charge is 2.16. The minimum absolute atomic E-state index is 0.222. The number of benzene rings is 2. The molecule has 0 bridgehead atoms. The number of nitrogens with zero attached hydrogens (tertiary/aromatic N) is 1. The maximum absolute atomic E-state index is 12.8. The average molecular weight is 393 g/mol. The Hall–Kier alpha value is -3.94. The normalized spacial score (nSPS) is 10.4. The molecule has 0 saturated heterocycles. The second kappa shape index (κ2) is 7.97. The van der Waals surface area contributed by atoms with E-state index in [0.29, 0.717) is 16.9 Å². The van der Waals surface area contributed by atoms with E-state index in [1.807, 2.05) is 13.8 Å². The Morgan fingerprint density at radius 1 is 1.00 bits per heavy atom. The Morgan fingerprint density at radius 2 is 1.69 bits per heavy atom. The van der Waals surface area contributed by atoms with Gasteiger partial charge in [0.2, 0.25) is 0 Å². The smallest absolute Gasteiger partial charge is 0.337 e. The molecule has 1 aromatic heterocycles. The van der Waals surface area contributed by atoms with Gasteiger partial charge in [-0.1, -0.05) is 6.07 Å². The number of aromatic nitrogens is 2. The highest BCUT2D eigenvalue weighted by molar-refractivity contribution is 6.04. The molecule has 2 aromatic carbocycles. The van der Waals surface area contributed by atoms with Crippen molar-refractivity contribution in [3.05, 3.63) is 91.8 Å². The molecule has 3 rings (SSSR count). The summed E-state index contributed by atoms with van der Waals surface area (Å²) in [4.78, 5) is 51.5. The number of nitrogens with one attached hydrogen (secondary N) is 2. The molecule has 0 aliphatic rings. The van der Waals surface area contributed by atoms with Gasteiger partial charge in [0, 0.05) is 11.9 Å². The van der Waals surface area contributed by atoms with Crippen molar-refractivity contribution < 1.29 is 14.3 Å². The molecule has 1 amide bonds. The first-order chi connectivity index (χ1) is 13.8. The number of aromatic amines is 1. The number of hydrogen-bond donors (Lipinski definition) is 2. The molecule has 148 valence electrons. The topological polar surface area (TPSA) is 110 Å². The number of carbonyl (C=O) groups excluding carboxylic acids is 2. The van der Waals surface area contributed by atoms with Gasteiger partial charge in [-0.25, -0.2) is 14.2 Å². The van der Waals surface area contributed by atoms with Crippen LogP contribution in [0.15, 0.2) is 58.3 Å². The van der Waals surface area contributed by atoms with Gasteiger partial charge in [-0.05, 0) is 61.4 Å². The van der Waals surface area contributed by atoms with Crippen molar-refractivity contribution in [3.8, 4) is 5.69 Å². The summed E-state index contributed by atoms with van der Waals surface area (Å²) in [7, 11) is 1.27. The van der Waals surface area contributed by atoms with E-state index in [9.17, 15) is 19.2 Å². The Morgan fingerprint density at radius 3 is 2.31 bits per heavy atom. The van der Waals surface area contributed by atoms with Crippen LogP contribution < -0.4 is 16.6 Å². The lowest BCUT2D eigenvalue weighted by Crippen LogP contribution is -2.38. The molecule has 0 fully saturated rings. The molecule has 2 N–H and O–H groups in total. The first-order valence-electron chi connectivity index (χ1n) is 8.74. The number of ether oxygens (including phenoxy) is 1. The Balaban J connectivity index is 1.94. The minimum atomic E-state index is -0.735. The molecule has 0 spiro atoms. The fraction of sp³-hybridized carbons (Fsp3) is 0.143. The number of methoxy groups -OCH3 is 1. The van der Waals surface area contributed by atoms with Crippen LogP contribution in [0.2, 0.25) is 0 Å². The summed E-state index contributed by atoms with van der Waals surface area (Å²) in [5, 5.41) is 2.58. The lowest BCUT2D eigenvalue weighted by molar-refractivity contribution is 0.0600. The summed E-state index contributed by atoms with van der Waals surface area (Å²) in [5.41, 5.74) is 1.41. The molecule has 0 radical (unpaired) electrons. The summed E-state index contributed by atoms with van der Waals surface area (Å²) in [6.07, 6.45) is 1.08. The van der Waals surface area contributed by atoms with Gasteiger partial charge >= 0.3 is 11.7 Å². The van der Waals surface area contributed by atoms with Crippen LogP contribution in [0.5, 0.6) is 0 Å². The molecule has 29 heavy (non-hydrogen) atoms. The summed E-state index contributed by atoms with van der Waals surface area (Å²) >= 11 is 0. The van der Waals surface area contributed by atoms with Crippen LogP contribution in [-0.4, -0.2) is 28.5 Å². The van der Waals surface area contributed by atoms with Crippen LogP contribution in [0.1, 0.15) is 31.8 Å². The molecule has 0 aliphatic carbocycles. The SMILES string of the molecule is COC(=O)c1ccc(NC(=O)c2c[nH]c(=O)n(-c3ccc(C)c(C)c3)c2=O)cc1. The van der Waals surface area contributed by atoms with Crippen molar-refractivity contribution in [1.82, 2.24) is 9.55 Å². The number of amides is 1. The number of aryl methyl sites for hydroxylation is 2. The molecule has 0 atom stereocenters. The third kappa shape index (κ3) is 4.01. The molecular formula is C21H19N3O5. The quantitative estimate of drug-likeness (QED) is 0.660. The predicted octanol–water partition coefficient (Wildman–Crippen LogP) is 2.18.